The van der Waals surface area contributed by atoms with Gasteiger partial charge in [0.2, 0.25) is 10.0 Å². The third-order valence-electron chi connectivity index (χ3n) is 6.61. The van der Waals surface area contributed by atoms with E-state index in [1.807, 2.05) is 65.6 Å². The molecule has 0 spiro atoms. The van der Waals surface area contributed by atoms with Gasteiger partial charge in [0.25, 0.3) is 0 Å². The highest BCUT2D eigenvalue weighted by atomic mass is 32.2. The molecule has 3 aromatic carbocycles. The van der Waals surface area contributed by atoms with Crippen LogP contribution in [0.3, 0.4) is 0 Å². The van der Waals surface area contributed by atoms with Gasteiger partial charge in [-0.25, -0.2) is 13.1 Å². The lowest BCUT2D eigenvalue weighted by molar-refractivity contribution is 0.307. The van der Waals surface area contributed by atoms with Crippen LogP contribution in [-0.4, -0.2) is 44.5 Å². The topological polar surface area (TPSA) is 87.8 Å². The second-order valence-electron chi connectivity index (χ2n) is 10.5. The number of hydrogen-bond donors (Lipinski definition) is 2. The summed E-state index contributed by atoms with van der Waals surface area (Å²) in [5.74, 6) is 0.461. The van der Waals surface area contributed by atoms with Crippen molar-refractivity contribution in [1.82, 2.24) is 9.62 Å². The third-order valence-corrected chi connectivity index (χ3v) is 8.14. The highest BCUT2D eigenvalue weighted by Crippen LogP contribution is 2.24. The van der Waals surface area contributed by atoms with Gasteiger partial charge in [-0.15, -0.1) is 0 Å². The van der Waals surface area contributed by atoms with Gasteiger partial charge in [-0.2, -0.15) is 0 Å². The molecule has 1 aliphatic heterocycles. The molecule has 3 aromatic rings. The Kier molecular flexibility index (Phi) is 7.81. The van der Waals surface area contributed by atoms with E-state index in [4.69, 9.17) is 5.73 Å². The van der Waals surface area contributed by atoms with Crippen LogP contribution in [0.1, 0.15) is 37.5 Å². The number of rotatable bonds is 9. The van der Waals surface area contributed by atoms with E-state index in [0.29, 0.717) is 25.5 Å². The van der Waals surface area contributed by atoms with E-state index in [1.54, 1.807) is 12.1 Å². The Morgan fingerprint density at radius 1 is 0.944 bits per heavy atom. The Morgan fingerprint density at radius 2 is 1.53 bits per heavy atom. The average molecular weight is 505 g/mol. The molecule has 1 heterocycles. The van der Waals surface area contributed by atoms with E-state index < -0.39 is 10.0 Å². The number of nitrogens with two attached hydrogens (primary N) is 1. The largest absolute Gasteiger partial charge is 0.370 e. The lowest BCUT2D eigenvalue weighted by Crippen LogP contribution is -2.51. The number of aliphatic imine (C=N–C) groups is 1. The van der Waals surface area contributed by atoms with Crippen molar-refractivity contribution < 1.29 is 8.42 Å². The van der Waals surface area contributed by atoms with Crippen molar-refractivity contribution in [1.29, 1.82) is 0 Å². The molecule has 2 atom stereocenters. The van der Waals surface area contributed by atoms with Crippen molar-refractivity contribution in [2.24, 2.45) is 10.7 Å². The first-order valence-electron chi connectivity index (χ1n) is 12.4. The molecule has 0 radical (unpaired) electrons. The summed E-state index contributed by atoms with van der Waals surface area (Å²) in [5, 5.41) is 0. The molecule has 0 aromatic heterocycles. The fourth-order valence-electron chi connectivity index (χ4n) is 4.58. The van der Waals surface area contributed by atoms with E-state index >= 15 is 0 Å². The smallest absolute Gasteiger partial charge is 0.240 e. The van der Waals surface area contributed by atoms with Crippen LogP contribution in [0.25, 0.3) is 0 Å². The van der Waals surface area contributed by atoms with Gasteiger partial charge < -0.3 is 10.6 Å². The lowest BCUT2D eigenvalue weighted by Gasteiger charge is -2.31. The van der Waals surface area contributed by atoms with Gasteiger partial charge in [-0.3, -0.25) is 4.99 Å². The van der Waals surface area contributed by atoms with E-state index in [1.165, 1.54) is 5.56 Å². The highest BCUT2D eigenvalue weighted by Gasteiger charge is 2.30. The first kappa shape index (κ1) is 25.9. The first-order valence-corrected chi connectivity index (χ1v) is 13.9. The average Bonchev–Trinajstić information content (AvgIpc) is 3.18. The predicted molar refractivity (Wildman–Crippen MR) is 147 cm³/mol. The summed E-state index contributed by atoms with van der Waals surface area (Å²) in [7, 11) is -3.73. The van der Waals surface area contributed by atoms with Crippen molar-refractivity contribution in [2.45, 2.75) is 56.0 Å². The van der Waals surface area contributed by atoms with Crippen LogP contribution >= 0.6 is 0 Å². The number of guanidine groups is 1. The minimum absolute atomic E-state index is 0.0497. The summed E-state index contributed by atoms with van der Waals surface area (Å²) in [6.07, 6.45) is 1.34. The molecule has 3 N–H and O–H groups in total. The van der Waals surface area contributed by atoms with Gasteiger partial charge >= 0.3 is 0 Å². The molecule has 4 rings (SSSR count). The molecular weight excluding hydrogens is 468 g/mol. The molecule has 1 aliphatic rings. The zero-order valence-electron chi connectivity index (χ0n) is 21.3. The number of hydrogen-bond acceptors (Lipinski definition) is 5. The second-order valence-corrected chi connectivity index (χ2v) is 12.2. The molecule has 36 heavy (non-hydrogen) atoms. The fourth-order valence-corrected chi connectivity index (χ4v) is 5.81. The van der Waals surface area contributed by atoms with Gasteiger partial charge in [-0.05, 0) is 47.1 Å². The molecule has 0 fully saturated rings. The molecule has 0 saturated heterocycles. The summed E-state index contributed by atoms with van der Waals surface area (Å²) in [6, 6.07) is 27.0. The molecule has 7 heteroatoms. The van der Waals surface area contributed by atoms with E-state index in [0.717, 1.165) is 17.5 Å². The SMILES string of the molecule is CC(C)(C)c1ccc(S(=O)(=O)N[C@@H](Cc2ccccc2)CN2C(N)=NC[C@@H]2Cc2ccccc2)cc1. The Morgan fingerprint density at radius 3 is 2.11 bits per heavy atom. The first-order chi connectivity index (χ1) is 17.1. The van der Waals surface area contributed by atoms with Crippen LogP contribution in [0.15, 0.2) is 94.8 Å². The molecule has 190 valence electrons. The molecule has 0 unspecified atom stereocenters. The van der Waals surface area contributed by atoms with Gasteiger partial charge in [0.15, 0.2) is 5.96 Å². The Hall–Kier alpha value is -3.16. The Bertz CT molecular complexity index is 1270. The summed E-state index contributed by atoms with van der Waals surface area (Å²) < 4.78 is 29.8. The fraction of sp³-hybridized carbons (Fsp3) is 0.345. The quantitative estimate of drug-likeness (QED) is 0.459. The standard InChI is InChI=1S/C29H36N4O2S/c1-29(2,3)24-14-16-27(17-15-24)36(34,35)32-25(18-22-10-6-4-7-11-22)21-33-26(20-31-28(33)30)19-23-12-8-5-9-13-23/h4-17,25-26,32H,18-21H2,1-3H3,(H2,30,31)/t25-,26-/m0/s1. The second kappa shape index (κ2) is 10.8. The van der Waals surface area contributed by atoms with Crippen molar-refractivity contribution >= 4 is 16.0 Å². The Balaban J connectivity index is 1.56. The molecule has 0 aliphatic carbocycles. The van der Waals surface area contributed by atoms with E-state index in [-0.39, 0.29) is 22.4 Å². The van der Waals surface area contributed by atoms with Crippen molar-refractivity contribution in [2.75, 3.05) is 13.1 Å². The van der Waals surface area contributed by atoms with Gasteiger partial charge in [0, 0.05) is 12.6 Å². The summed E-state index contributed by atoms with van der Waals surface area (Å²) in [6.45, 7) is 7.36. The van der Waals surface area contributed by atoms with Crippen LogP contribution in [0, 0.1) is 0 Å². The molecular formula is C29H36N4O2S. The van der Waals surface area contributed by atoms with E-state index in [9.17, 15) is 8.42 Å². The maximum atomic E-state index is 13.4. The zero-order chi connectivity index (χ0) is 25.8. The van der Waals surface area contributed by atoms with Crippen molar-refractivity contribution in [3.05, 3.63) is 102 Å². The molecule has 0 amide bonds. The number of benzene rings is 3. The summed E-state index contributed by atoms with van der Waals surface area (Å²) >= 11 is 0. The molecule has 6 nitrogen and oxygen atoms in total. The normalized spacial score (nSPS) is 17.1. The van der Waals surface area contributed by atoms with Crippen molar-refractivity contribution in [3.63, 3.8) is 0 Å². The maximum Gasteiger partial charge on any atom is 0.240 e. The zero-order valence-corrected chi connectivity index (χ0v) is 22.1. The molecule has 0 saturated carbocycles. The monoisotopic (exact) mass is 504 g/mol. The Labute approximate surface area is 215 Å². The highest BCUT2D eigenvalue weighted by molar-refractivity contribution is 7.89. The summed E-state index contributed by atoms with van der Waals surface area (Å²) in [5.41, 5.74) is 9.60. The number of nitrogens with one attached hydrogen (secondary N) is 1. The van der Waals surface area contributed by atoms with Crippen LogP contribution < -0.4 is 10.5 Å². The van der Waals surface area contributed by atoms with Crippen LogP contribution in [-0.2, 0) is 28.3 Å². The van der Waals surface area contributed by atoms with Crippen LogP contribution in [0.5, 0.6) is 0 Å². The summed E-state index contributed by atoms with van der Waals surface area (Å²) in [4.78, 5) is 6.79. The predicted octanol–water partition coefficient (Wildman–Crippen LogP) is 4.12. The number of nitrogens with zero attached hydrogens (tertiary/aromatic N) is 2. The van der Waals surface area contributed by atoms with Gasteiger partial charge in [0.1, 0.15) is 0 Å². The maximum absolute atomic E-state index is 13.4. The van der Waals surface area contributed by atoms with E-state index in [2.05, 4.69) is 42.6 Å². The minimum Gasteiger partial charge on any atom is -0.370 e. The van der Waals surface area contributed by atoms with Crippen LogP contribution in [0.2, 0.25) is 0 Å². The third kappa shape index (κ3) is 6.53. The van der Waals surface area contributed by atoms with Crippen molar-refractivity contribution in [3.8, 4) is 0 Å². The molecule has 0 bridgehead atoms. The van der Waals surface area contributed by atoms with Gasteiger partial charge in [-0.1, -0.05) is 93.6 Å². The van der Waals surface area contributed by atoms with Crippen LogP contribution in [0.4, 0.5) is 0 Å². The van der Waals surface area contributed by atoms with Gasteiger partial charge in [0.05, 0.1) is 17.5 Å². The number of sulfonamides is 1. The lowest BCUT2D eigenvalue weighted by atomic mass is 9.87. The minimum atomic E-state index is -3.73.